The van der Waals surface area contributed by atoms with E-state index in [1.807, 2.05) is 13.8 Å². The molecular formula is C15H23N3O3. The fourth-order valence-corrected chi connectivity index (χ4v) is 2.05. The van der Waals surface area contributed by atoms with Gasteiger partial charge in [0.1, 0.15) is 5.69 Å². The van der Waals surface area contributed by atoms with E-state index in [-0.39, 0.29) is 17.6 Å². The summed E-state index contributed by atoms with van der Waals surface area (Å²) >= 11 is 0. The summed E-state index contributed by atoms with van der Waals surface area (Å²) in [5.74, 6) is -0.203. The molecule has 0 aromatic heterocycles. The minimum atomic E-state index is -0.445. The average molecular weight is 293 g/mol. The van der Waals surface area contributed by atoms with Crippen LogP contribution in [0.5, 0.6) is 0 Å². The van der Waals surface area contributed by atoms with Crippen molar-refractivity contribution < 1.29 is 9.72 Å². The Bertz CT molecular complexity index is 503. The van der Waals surface area contributed by atoms with Crippen molar-refractivity contribution in [1.29, 1.82) is 0 Å². The van der Waals surface area contributed by atoms with E-state index in [2.05, 4.69) is 17.6 Å². The van der Waals surface area contributed by atoms with Gasteiger partial charge in [-0.3, -0.25) is 14.9 Å². The second-order valence-electron chi connectivity index (χ2n) is 5.08. The molecule has 1 amide bonds. The van der Waals surface area contributed by atoms with E-state index in [0.717, 1.165) is 19.3 Å². The molecule has 0 fully saturated rings. The number of carbonyl (C=O) groups excluding carboxylic acids is 1. The molecule has 0 aliphatic rings. The van der Waals surface area contributed by atoms with Crippen molar-refractivity contribution in [3.63, 3.8) is 0 Å². The number of rotatable bonds is 8. The molecule has 0 radical (unpaired) electrons. The monoisotopic (exact) mass is 293 g/mol. The van der Waals surface area contributed by atoms with Crippen molar-refractivity contribution in [1.82, 2.24) is 5.32 Å². The molecule has 1 unspecified atom stereocenters. The third kappa shape index (κ3) is 5.06. The van der Waals surface area contributed by atoms with Gasteiger partial charge in [0.2, 0.25) is 0 Å². The predicted molar refractivity (Wildman–Crippen MR) is 83.7 cm³/mol. The predicted octanol–water partition coefficient (Wildman–Crippen LogP) is 3.34. The van der Waals surface area contributed by atoms with Crippen LogP contribution in [0.2, 0.25) is 0 Å². The summed E-state index contributed by atoms with van der Waals surface area (Å²) in [6.07, 6.45) is 2.74. The molecule has 6 nitrogen and oxygen atoms in total. The lowest BCUT2D eigenvalue weighted by atomic mass is 10.1. The molecule has 0 saturated heterocycles. The molecule has 1 rings (SSSR count). The maximum absolute atomic E-state index is 12.1. The van der Waals surface area contributed by atoms with Gasteiger partial charge in [-0.2, -0.15) is 0 Å². The molecule has 0 aliphatic carbocycles. The van der Waals surface area contributed by atoms with Crippen molar-refractivity contribution in [2.45, 2.75) is 46.1 Å². The summed E-state index contributed by atoms with van der Waals surface area (Å²) in [6, 6.07) is 4.49. The standard InChI is InChI=1S/C15H23N3O3/c1-4-6-11(3)17-15(19)12-7-8-14(18(20)21)13(10-12)16-9-5-2/h7-8,10-11,16H,4-6,9H2,1-3H3,(H,17,19). The van der Waals surface area contributed by atoms with Gasteiger partial charge in [-0.05, 0) is 31.9 Å². The summed E-state index contributed by atoms with van der Waals surface area (Å²) in [6.45, 7) is 6.60. The summed E-state index contributed by atoms with van der Waals surface area (Å²) in [5.41, 5.74) is 0.807. The van der Waals surface area contributed by atoms with Crippen LogP contribution in [-0.2, 0) is 0 Å². The molecule has 1 atom stereocenters. The summed E-state index contributed by atoms with van der Waals surface area (Å²) in [5, 5.41) is 16.9. The number of nitrogens with one attached hydrogen (secondary N) is 2. The average Bonchev–Trinajstić information content (AvgIpc) is 2.44. The van der Waals surface area contributed by atoms with E-state index in [4.69, 9.17) is 0 Å². The molecular weight excluding hydrogens is 270 g/mol. The maximum atomic E-state index is 12.1. The van der Waals surface area contributed by atoms with Crippen LogP contribution in [0, 0.1) is 10.1 Å². The Labute approximate surface area is 125 Å². The van der Waals surface area contributed by atoms with Crippen LogP contribution < -0.4 is 10.6 Å². The Balaban J connectivity index is 2.93. The van der Waals surface area contributed by atoms with Gasteiger partial charge in [0, 0.05) is 24.2 Å². The molecule has 0 bridgehead atoms. The summed E-state index contributed by atoms with van der Waals surface area (Å²) in [4.78, 5) is 22.7. The van der Waals surface area contributed by atoms with Crippen molar-refractivity contribution >= 4 is 17.3 Å². The lowest BCUT2D eigenvalue weighted by Gasteiger charge is -2.13. The first-order valence-electron chi connectivity index (χ1n) is 7.32. The zero-order valence-electron chi connectivity index (χ0n) is 12.8. The molecule has 6 heteroatoms. The fourth-order valence-electron chi connectivity index (χ4n) is 2.05. The number of nitrogens with zero attached hydrogens (tertiary/aromatic N) is 1. The van der Waals surface area contributed by atoms with Gasteiger partial charge in [0.05, 0.1) is 4.92 Å². The highest BCUT2D eigenvalue weighted by molar-refractivity contribution is 5.96. The fraction of sp³-hybridized carbons (Fsp3) is 0.533. The highest BCUT2D eigenvalue weighted by atomic mass is 16.6. The number of carbonyl (C=O) groups is 1. The van der Waals surface area contributed by atoms with Crippen LogP contribution in [0.1, 0.15) is 50.4 Å². The SMILES string of the molecule is CCCNc1cc(C(=O)NC(C)CCC)ccc1[N+](=O)[O-]. The van der Waals surface area contributed by atoms with Crippen molar-refractivity contribution in [2.24, 2.45) is 0 Å². The third-order valence-corrected chi connectivity index (χ3v) is 3.12. The van der Waals surface area contributed by atoms with E-state index < -0.39 is 4.92 Å². The Morgan fingerprint density at radius 1 is 1.33 bits per heavy atom. The summed E-state index contributed by atoms with van der Waals surface area (Å²) < 4.78 is 0. The molecule has 1 aromatic carbocycles. The number of hydrogen-bond donors (Lipinski definition) is 2. The maximum Gasteiger partial charge on any atom is 0.292 e. The zero-order chi connectivity index (χ0) is 15.8. The number of nitro groups is 1. The van der Waals surface area contributed by atoms with E-state index in [0.29, 0.717) is 17.8 Å². The molecule has 0 heterocycles. The minimum absolute atomic E-state index is 0.0124. The number of hydrogen-bond acceptors (Lipinski definition) is 4. The Kier molecular flexibility index (Phi) is 6.65. The topological polar surface area (TPSA) is 84.3 Å². The highest BCUT2D eigenvalue weighted by Gasteiger charge is 2.17. The van der Waals surface area contributed by atoms with Gasteiger partial charge in [-0.1, -0.05) is 20.3 Å². The van der Waals surface area contributed by atoms with Gasteiger partial charge < -0.3 is 10.6 Å². The second kappa shape index (κ2) is 8.24. The molecule has 21 heavy (non-hydrogen) atoms. The molecule has 0 aliphatic heterocycles. The van der Waals surface area contributed by atoms with Crippen LogP contribution in [0.25, 0.3) is 0 Å². The van der Waals surface area contributed by atoms with E-state index in [1.165, 1.54) is 12.1 Å². The van der Waals surface area contributed by atoms with Crippen LogP contribution >= 0.6 is 0 Å². The number of nitro benzene ring substituents is 1. The van der Waals surface area contributed by atoms with Gasteiger partial charge >= 0.3 is 0 Å². The first-order chi connectivity index (χ1) is 9.99. The largest absolute Gasteiger partial charge is 0.379 e. The van der Waals surface area contributed by atoms with Crippen LogP contribution in [-0.4, -0.2) is 23.4 Å². The number of benzene rings is 1. The van der Waals surface area contributed by atoms with Crippen LogP contribution in [0.4, 0.5) is 11.4 Å². The normalized spacial score (nSPS) is 11.8. The lowest BCUT2D eigenvalue weighted by molar-refractivity contribution is -0.384. The van der Waals surface area contributed by atoms with E-state index in [9.17, 15) is 14.9 Å². The quantitative estimate of drug-likeness (QED) is 0.568. The Morgan fingerprint density at radius 3 is 2.62 bits per heavy atom. The molecule has 1 aromatic rings. The third-order valence-electron chi connectivity index (χ3n) is 3.12. The van der Waals surface area contributed by atoms with Gasteiger partial charge in [-0.15, -0.1) is 0 Å². The van der Waals surface area contributed by atoms with Crippen LogP contribution in [0.15, 0.2) is 18.2 Å². The molecule has 0 spiro atoms. The molecule has 0 saturated carbocycles. The lowest BCUT2D eigenvalue weighted by Crippen LogP contribution is -2.32. The second-order valence-corrected chi connectivity index (χ2v) is 5.08. The number of anilines is 1. The van der Waals surface area contributed by atoms with Gasteiger partial charge in [0.25, 0.3) is 11.6 Å². The smallest absolute Gasteiger partial charge is 0.292 e. The molecule has 2 N–H and O–H groups in total. The van der Waals surface area contributed by atoms with Crippen molar-refractivity contribution in [2.75, 3.05) is 11.9 Å². The zero-order valence-corrected chi connectivity index (χ0v) is 12.8. The van der Waals surface area contributed by atoms with E-state index >= 15 is 0 Å². The Morgan fingerprint density at radius 2 is 2.05 bits per heavy atom. The van der Waals surface area contributed by atoms with Crippen molar-refractivity contribution in [3.05, 3.63) is 33.9 Å². The summed E-state index contributed by atoms with van der Waals surface area (Å²) in [7, 11) is 0. The van der Waals surface area contributed by atoms with Gasteiger partial charge in [-0.25, -0.2) is 0 Å². The van der Waals surface area contributed by atoms with Gasteiger partial charge in [0.15, 0.2) is 0 Å². The Hall–Kier alpha value is -2.11. The highest BCUT2D eigenvalue weighted by Crippen LogP contribution is 2.25. The minimum Gasteiger partial charge on any atom is -0.379 e. The molecule has 116 valence electrons. The number of amides is 1. The first-order valence-corrected chi connectivity index (χ1v) is 7.32. The van der Waals surface area contributed by atoms with Crippen LogP contribution in [0.3, 0.4) is 0 Å². The first kappa shape index (κ1) is 16.9. The van der Waals surface area contributed by atoms with Crippen molar-refractivity contribution in [3.8, 4) is 0 Å². The van der Waals surface area contributed by atoms with E-state index in [1.54, 1.807) is 6.07 Å².